The number of hydrogen-bond acceptors (Lipinski definition) is 2. The van der Waals surface area contributed by atoms with E-state index in [9.17, 15) is 4.79 Å². The summed E-state index contributed by atoms with van der Waals surface area (Å²) in [4.78, 5) is 12.1. The van der Waals surface area contributed by atoms with Gasteiger partial charge in [0.1, 0.15) is 5.75 Å². The summed E-state index contributed by atoms with van der Waals surface area (Å²) in [5.41, 5.74) is 3.03. The Morgan fingerprint density at radius 2 is 1.36 bits per heavy atom. The van der Waals surface area contributed by atoms with Crippen LogP contribution in [0, 0.1) is 0 Å². The van der Waals surface area contributed by atoms with Gasteiger partial charge in [-0.1, -0.05) is 60.7 Å². The SMILES string of the molecule is O=C(Cc1ccccc1)Nc1ccc(OCCc2ccccc2)cc1. The minimum absolute atomic E-state index is 0.0241. The molecule has 0 aliphatic heterocycles. The highest BCUT2D eigenvalue weighted by Gasteiger charge is 2.04. The van der Waals surface area contributed by atoms with Crippen LogP contribution in [-0.2, 0) is 17.6 Å². The Balaban J connectivity index is 1.46. The van der Waals surface area contributed by atoms with E-state index in [0.29, 0.717) is 13.0 Å². The second-order valence-electron chi connectivity index (χ2n) is 5.82. The first-order valence-electron chi connectivity index (χ1n) is 8.40. The zero-order valence-electron chi connectivity index (χ0n) is 14.0. The van der Waals surface area contributed by atoms with Crippen molar-refractivity contribution in [2.24, 2.45) is 0 Å². The molecule has 25 heavy (non-hydrogen) atoms. The maximum Gasteiger partial charge on any atom is 0.228 e. The van der Waals surface area contributed by atoms with Gasteiger partial charge in [0, 0.05) is 12.1 Å². The quantitative estimate of drug-likeness (QED) is 0.693. The molecule has 0 aliphatic rings. The summed E-state index contributed by atoms with van der Waals surface area (Å²) in [6, 6.07) is 27.4. The molecule has 0 bridgehead atoms. The van der Waals surface area contributed by atoms with Gasteiger partial charge in [0.15, 0.2) is 0 Å². The van der Waals surface area contributed by atoms with Crippen molar-refractivity contribution >= 4 is 11.6 Å². The number of nitrogens with one attached hydrogen (secondary N) is 1. The highest BCUT2D eigenvalue weighted by Crippen LogP contribution is 2.16. The van der Waals surface area contributed by atoms with Gasteiger partial charge in [-0.25, -0.2) is 0 Å². The Bertz CT molecular complexity index is 783. The van der Waals surface area contributed by atoms with Crippen LogP contribution in [0.2, 0.25) is 0 Å². The lowest BCUT2D eigenvalue weighted by molar-refractivity contribution is -0.115. The van der Waals surface area contributed by atoms with Gasteiger partial charge in [-0.15, -0.1) is 0 Å². The van der Waals surface area contributed by atoms with Gasteiger partial charge >= 0.3 is 0 Å². The van der Waals surface area contributed by atoms with E-state index in [2.05, 4.69) is 17.4 Å². The zero-order valence-corrected chi connectivity index (χ0v) is 14.0. The van der Waals surface area contributed by atoms with Gasteiger partial charge in [-0.3, -0.25) is 4.79 Å². The highest BCUT2D eigenvalue weighted by atomic mass is 16.5. The average Bonchev–Trinajstić information content (AvgIpc) is 2.65. The third-order valence-electron chi connectivity index (χ3n) is 3.85. The van der Waals surface area contributed by atoms with Crippen molar-refractivity contribution in [2.45, 2.75) is 12.8 Å². The third kappa shape index (κ3) is 5.50. The monoisotopic (exact) mass is 331 g/mol. The first-order chi connectivity index (χ1) is 12.3. The highest BCUT2D eigenvalue weighted by molar-refractivity contribution is 5.92. The molecule has 0 heterocycles. The van der Waals surface area contributed by atoms with E-state index in [1.165, 1.54) is 5.56 Å². The second-order valence-corrected chi connectivity index (χ2v) is 5.82. The van der Waals surface area contributed by atoms with Crippen molar-refractivity contribution in [1.82, 2.24) is 0 Å². The molecule has 0 saturated heterocycles. The van der Waals surface area contributed by atoms with Crippen LogP contribution >= 0.6 is 0 Å². The number of ether oxygens (including phenoxy) is 1. The lowest BCUT2D eigenvalue weighted by Crippen LogP contribution is -2.14. The summed E-state index contributed by atoms with van der Waals surface area (Å²) in [6.45, 7) is 0.629. The molecule has 1 N–H and O–H groups in total. The molecule has 3 aromatic carbocycles. The normalized spacial score (nSPS) is 10.2. The van der Waals surface area contributed by atoms with Crippen LogP contribution in [-0.4, -0.2) is 12.5 Å². The van der Waals surface area contributed by atoms with Gasteiger partial charge < -0.3 is 10.1 Å². The summed E-state index contributed by atoms with van der Waals surface area (Å²) in [5, 5.41) is 2.91. The van der Waals surface area contributed by atoms with Gasteiger partial charge in [0.25, 0.3) is 0 Å². The molecule has 0 atom stereocenters. The summed E-state index contributed by atoms with van der Waals surface area (Å²) < 4.78 is 5.75. The molecule has 3 aromatic rings. The predicted molar refractivity (Wildman–Crippen MR) is 101 cm³/mol. The predicted octanol–water partition coefficient (Wildman–Crippen LogP) is 4.49. The molecule has 0 fully saturated rings. The van der Waals surface area contributed by atoms with Gasteiger partial charge in [-0.2, -0.15) is 0 Å². The fraction of sp³-hybridized carbons (Fsp3) is 0.136. The first-order valence-corrected chi connectivity index (χ1v) is 8.40. The van der Waals surface area contributed by atoms with Crippen LogP contribution in [0.25, 0.3) is 0 Å². The van der Waals surface area contributed by atoms with Crippen molar-refractivity contribution in [3.63, 3.8) is 0 Å². The summed E-state index contributed by atoms with van der Waals surface area (Å²) in [7, 11) is 0. The number of carbonyl (C=O) groups is 1. The van der Waals surface area contributed by atoms with Gasteiger partial charge in [0.05, 0.1) is 13.0 Å². The summed E-state index contributed by atoms with van der Waals surface area (Å²) in [6.07, 6.45) is 1.24. The average molecular weight is 331 g/mol. The number of anilines is 1. The Labute approximate surface area is 148 Å². The van der Waals surface area contributed by atoms with Crippen LogP contribution in [0.3, 0.4) is 0 Å². The van der Waals surface area contributed by atoms with Crippen molar-refractivity contribution in [1.29, 1.82) is 0 Å². The third-order valence-corrected chi connectivity index (χ3v) is 3.85. The smallest absolute Gasteiger partial charge is 0.228 e. The van der Waals surface area contributed by atoms with E-state index < -0.39 is 0 Å². The maximum absolute atomic E-state index is 12.1. The van der Waals surface area contributed by atoms with Crippen molar-refractivity contribution in [2.75, 3.05) is 11.9 Å². The fourth-order valence-corrected chi connectivity index (χ4v) is 2.55. The van der Waals surface area contributed by atoms with Crippen LogP contribution in [0.15, 0.2) is 84.9 Å². The molecule has 126 valence electrons. The number of hydrogen-bond donors (Lipinski definition) is 1. The molecule has 3 heteroatoms. The van der Waals surface area contributed by atoms with E-state index in [1.807, 2.05) is 72.8 Å². The molecule has 3 rings (SSSR count). The minimum atomic E-state index is -0.0241. The van der Waals surface area contributed by atoms with Crippen LogP contribution in [0.1, 0.15) is 11.1 Å². The molecule has 0 unspecified atom stereocenters. The van der Waals surface area contributed by atoms with Crippen LogP contribution < -0.4 is 10.1 Å². The van der Waals surface area contributed by atoms with Crippen molar-refractivity contribution < 1.29 is 9.53 Å². The lowest BCUT2D eigenvalue weighted by atomic mass is 10.1. The summed E-state index contributed by atoms with van der Waals surface area (Å²) in [5.74, 6) is 0.779. The molecule has 3 nitrogen and oxygen atoms in total. The molecular formula is C22H21NO2. The van der Waals surface area contributed by atoms with E-state index in [0.717, 1.165) is 23.4 Å². The largest absolute Gasteiger partial charge is 0.493 e. The first kappa shape index (κ1) is 16.8. The Morgan fingerprint density at radius 1 is 0.760 bits per heavy atom. The van der Waals surface area contributed by atoms with Crippen LogP contribution in [0.4, 0.5) is 5.69 Å². The standard InChI is InChI=1S/C22H21NO2/c24-22(17-19-9-5-2-6-10-19)23-20-11-13-21(14-12-20)25-16-15-18-7-3-1-4-8-18/h1-14H,15-17H2,(H,23,24). The number of benzene rings is 3. The number of amides is 1. The lowest BCUT2D eigenvalue weighted by Gasteiger charge is -2.09. The van der Waals surface area contributed by atoms with Gasteiger partial charge in [-0.05, 0) is 35.4 Å². The molecule has 0 saturated carbocycles. The molecule has 0 spiro atoms. The van der Waals surface area contributed by atoms with E-state index in [1.54, 1.807) is 0 Å². The Morgan fingerprint density at radius 3 is 2.00 bits per heavy atom. The Kier molecular flexibility index (Phi) is 5.83. The maximum atomic E-state index is 12.1. The molecule has 0 aromatic heterocycles. The van der Waals surface area contributed by atoms with Crippen LogP contribution in [0.5, 0.6) is 5.75 Å². The molecular weight excluding hydrogens is 310 g/mol. The number of carbonyl (C=O) groups excluding carboxylic acids is 1. The topological polar surface area (TPSA) is 38.3 Å². The molecule has 0 radical (unpaired) electrons. The fourth-order valence-electron chi connectivity index (χ4n) is 2.55. The number of rotatable bonds is 7. The van der Waals surface area contributed by atoms with E-state index >= 15 is 0 Å². The summed E-state index contributed by atoms with van der Waals surface area (Å²) >= 11 is 0. The zero-order chi connectivity index (χ0) is 17.3. The van der Waals surface area contributed by atoms with Crippen molar-refractivity contribution in [3.05, 3.63) is 96.1 Å². The van der Waals surface area contributed by atoms with E-state index in [4.69, 9.17) is 4.74 Å². The minimum Gasteiger partial charge on any atom is -0.493 e. The van der Waals surface area contributed by atoms with Gasteiger partial charge in [0.2, 0.25) is 5.91 Å². The van der Waals surface area contributed by atoms with Crippen molar-refractivity contribution in [3.8, 4) is 5.75 Å². The van der Waals surface area contributed by atoms with E-state index in [-0.39, 0.29) is 5.91 Å². The Hall–Kier alpha value is -3.07. The molecule has 1 amide bonds. The second kappa shape index (κ2) is 8.69. The molecule has 0 aliphatic carbocycles.